The van der Waals surface area contributed by atoms with E-state index >= 15 is 0 Å². The van der Waals surface area contributed by atoms with Gasteiger partial charge in [-0.15, -0.1) is 0 Å². The Hall–Kier alpha value is -2.51. The van der Waals surface area contributed by atoms with Crippen molar-refractivity contribution >= 4 is 40.3 Å². The van der Waals surface area contributed by atoms with Crippen LogP contribution in [0.15, 0.2) is 47.4 Å². The van der Waals surface area contributed by atoms with Crippen LogP contribution in [0.3, 0.4) is 0 Å². The van der Waals surface area contributed by atoms with Crippen molar-refractivity contribution in [2.75, 3.05) is 26.4 Å². The van der Waals surface area contributed by atoms with Crippen LogP contribution >= 0.6 is 24.0 Å². The number of hydrogen-bond donors (Lipinski definition) is 0. The lowest BCUT2D eigenvalue weighted by atomic mass is 10.2. The predicted octanol–water partition coefficient (Wildman–Crippen LogP) is 5.46. The molecule has 7 heteroatoms. The van der Waals surface area contributed by atoms with Crippen molar-refractivity contribution in [2.24, 2.45) is 0 Å². The topological polar surface area (TPSA) is 48.0 Å². The number of carbonyl (C=O) groups is 1. The highest BCUT2D eigenvalue weighted by Gasteiger charge is 2.30. The van der Waals surface area contributed by atoms with E-state index in [0.29, 0.717) is 47.1 Å². The average Bonchev–Trinajstić information content (AvgIpc) is 3.02. The van der Waals surface area contributed by atoms with E-state index in [1.165, 1.54) is 11.8 Å². The SMILES string of the molecule is CCOc1cc(/C=C2\SC(=S)N(CC)C2=O)ccc1OCCCOc1ccccc1C. The van der Waals surface area contributed by atoms with Crippen molar-refractivity contribution < 1.29 is 19.0 Å². The molecule has 0 saturated carbocycles. The second-order valence-electron chi connectivity index (χ2n) is 6.88. The quantitative estimate of drug-likeness (QED) is 0.268. The van der Waals surface area contributed by atoms with E-state index in [1.54, 1.807) is 4.90 Å². The summed E-state index contributed by atoms with van der Waals surface area (Å²) in [6.45, 7) is 8.06. The highest BCUT2D eigenvalue weighted by Crippen LogP contribution is 2.34. The van der Waals surface area contributed by atoms with Crippen LogP contribution in [-0.2, 0) is 4.79 Å². The summed E-state index contributed by atoms with van der Waals surface area (Å²) in [5.74, 6) is 2.18. The Morgan fingerprint density at radius 3 is 2.42 bits per heavy atom. The van der Waals surface area contributed by atoms with Gasteiger partial charge in [-0.25, -0.2) is 0 Å². The molecule has 0 aliphatic carbocycles. The fraction of sp³-hybridized carbons (Fsp3) is 0.333. The lowest BCUT2D eigenvalue weighted by molar-refractivity contribution is -0.121. The first kappa shape index (κ1) is 23.2. The van der Waals surface area contributed by atoms with Crippen LogP contribution in [0, 0.1) is 6.92 Å². The number of benzene rings is 2. The largest absolute Gasteiger partial charge is 0.493 e. The van der Waals surface area contributed by atoms with Crippen molar-refractivity contribution in [2.45, 2.75) is 27.2 Å². The molecule has 0 N–H and O–H groups in total. The predicted molar refractivity (Wildman–Crippen MR) is 130 cm³/mol. The van der Waals surface area contributed by atoms with E-state index in [9.17, 15) is 4.79 Å². The molecule has 2 aromatic carbocycles. The van der Waals surface area contributed by atoms with E-state index < -0.39 is 0 Å². The Labute approximate surface area is 193 Å². The Kier molecular flexibility index (Phi) is 8.37. The van der Waals surface area contributed by atoms with Gasteiger partial charge in [0.05, 0.1) is 24.7 Å². The highest BCUT2D eigenvalue weighted by molar-refractivity contribution is 8.26. The summed E-state index contributed by atoms with van der Waals surface area (Å²) in [5.41, 5.74) is 1.99. The average molecular weight is 458 g/mol. The minimum Gasteiger partial charge on any atom is -0.493 e. The Morgan fingerprint density at radius 2 is 1.74 bits per heavy atom. The van der Waals surface area contributed by atoms with E-state index in [-0.39, 0.29) is 5.91 Å². The zero-order valence-electron chi connectivity index (χ0n) is 18.1. The summed E-state index contributed by atoms with van der Waals surface area (Å²) in [5, 5.41) is 0. The smallest absolute Gasteiger partial charge is 0.266 e. The molecule has 5 nitrogen and oxygen atoms in total. The number of thiocarbonyl (C=S) groups is 1. The maximum absolute atomic E-state index is 12.4. The molecule has 0 unspecified atom stereocenters. The van der Waals surface area contributed by atoms with Gasteiger partial charge in [0.2, 0.25) is 0 Å². The number of amides is 1. The first-order chi connectivity index (χ1) is 15.0. The second-order valence-corrected chi connectivity index (χ2v) is 8.56. The van der Waals surface area contributed by atoms with Gasteiger partial charge in [0.1, 0.15) is 10.1 Å². The molecule has 0 aromatic heterocycles. The van der Waals surface area contributed by atoms with Gasteiger partial charge in [-0.05, 0) is 56.2 Å². The fourth-order valence-electron chi connectivity index (χ4n) is 3.07. The Bertz CT molecular complexity index is 974. The van der Waals surface area contributed by atoms with Gasteiger partial charge in [-0.2, -0.15) is 0 Å². The summed E-state index contributed by atoms with van der Waals surface area (Å²) in [6.07, 6.45) is 2.60. The zero-order chi connectivity index (χ0) is 22.2. The number of nitrogens with zero attached hydrogens (tertiary/aromatic N) is 1. The number of rotatable bonds is 10. The lowest BCUT2D eigenvalue weighted by Crippen LogP contribution is -2.27. The van der Waals surface area contributed by atoms with Crippen LogP contribution in [0.4, 0.5) is 0 Å². The monoisotopic (exact) mass is 457 g/mol. The van der Waals surface area contributed by atoms with Gasteiger partial charge >= 0.3 is 0 Å². The molecule has 2 aromatic rings. The molecule has 0 spiro atoms. The third-order valence-electron chi connectivity index (χ3n) is 4.65. The van der Waals surface area contributed by atoms with Crippen molar-refractivity contribution in [3.63, 3.8) is 0 Å². The van der Waals surface area contributed by atoms with E-state index in [4.69, 9.17) is 26.4 Å². The van der Waals surface area contributed by atoms with Crippen LogP contribution in [0.2, 0.25) is 0 Å². The molecule has 31 heavy (non-hydrogen) atoms. The van der Waals surface area contributed by atoms with Crippen molar-refractivity contribution in [3.05, 3.63) is 58.5 Å². The molecule has 1 heterocycles. The standard InChI is InChI=1S/C24H27NO4S2/c1-4-25-23(26)22(31-24(25)30)16-18-11-12-20(21(15-18)27-5-2)29-14-8-13-28-19-10-7-6-9-17(19)3/h6-7,9-12,15-16H,4-5,8,13-14H2,1-3H3/b22-16-. The van der Waals surface area contributed by atoms with Gasteiger partial charge in [0.25, 0.3) is 5.91 Å². The molecular formula is C24H27NO4S2. The van der Waals surface area contributed by atoms with Crippen LogP contribution in [0.1, 0.15) is 31.4 Å². The maximum atomic E-state index is 12.4. The number of hydrogen-bond acceptors (Lipinski definition) is 6. The summed E-state index contributed by atoms with van der Waals surface area (Å²) in [7, 11) is 0. The number of aryl methyl sites for hydroxylation is 1. The summed E-state index contributed by atoms with van der Waals surface area (Å²) < 4.78 is 18.1. The van der Waals surface area contributed by atoms with Crippen LogP contribution in [0.25, 0.3) is 6.08 Å². The van der Waals surface area contributed by atoms with E-state index in [0.717, 1.165) is 23.3 Å². The molecule has 0 atom stereocenters. The van der Waals surface area contributed by atoms with Gasteiger partial charge in [-0.1, -0.05) is 48.2 Å². The molecule has 1 aliphatic heterocycles. The number of carbonyl (C=O) groups excluding carboxylic acids is 1. The van der Waals surface area contributed by atoms with Crippen molar-refractivity contribution in [1.82, 2.24) is 4.90 Å². The number of para-hydroxylation sites is 1. The first-order valence-corrected chi connectivity index (χ1v) is 11.6. The van der Waals surface area contributed by atoms with Crippen molar-refractivity contribution in [1.29, 1.82) is 0 Å². The summed E-state index contributed by atoms with van der Waals surface area (Å²) in [4.78, 5) is 14.7. The molecular weight excluding hydrogens is 430 g/mol. The molecule has 164 valence electrons. The zero-order valence-corrected chi connectivity index (χ0v) is 19.7. The normalized spacial score (nSPS) is 14.9. The maximum Gasteiger partial charge on any atom is 0.266 e. The van der Waals surface area contributed by atoms with Gasteiger partial charge in [-0.3, -0.25) is 9.69 Å². The summed E-state index contributed by atoms with van der Waals surface area (Å²) in [6, 6.07) is 13.6. The molecule has 0 radical (unpaired) electrons. The molecule has 1 fully saturated rings. The Morgan fingerprint density at radius 1 is 1.00 bits per heavy atom. The third kappa shape index (κ3) is 6.02. The number of likely N-dealkylation sites (N-methyl/N-ethyl adjacent to an activating group) is 1. The molecule has 1 amide bonds. The van der Waals surface area contributed by atoms with Crippen molar-refractivity contribution in [3.8, 4) is 17.2 Å². The lowest BCUT2D eigenvalue weighted by Gasteiger charge is -2.13. The molecule has 1 aliphatic rings. The minimum atomic E-state index is -0.0514. The first-order valence-electron chi connectivity index (χ1n) is 10.4. The van der Waals surface area contributed by atoms with Crippen LogP contribution in [0.5, 0.6) is 17.2 Å². The van der Waals surface area contributed by atoms with Crippen LogP contribution < -0.4 is 14.2 Å². The highest BCUT2D eigenvalue weighted by atomic mass is 32.2. The number of thioether (sulfide) groups is 1. The second kappa shape index (κ2) is 11.2. The van der Waals surface area contributed by atoms with E-state index in [2.05, 4.69) is 0 Å². The van der Waals surface area contributed by atoms with Gasteiger partial charge in [0, 0.05) is 13.0 Å². The summed E-state index contributed by atoms with van der Waals surface area (Å²) >= 11 is 6.60. The third-order valence-corrected chi connectivity index (χ3v) is 6.03. The minimum absolute atomic E-state index is 0.0514. The number of ether oxygens (including phenoxy) is 3. The Balaban J connectivity index is 1.60. The molecule has 1 saturated heterocycles. The van der Waals surface area contributed by atoms with E-state index in [1.807, 2.05) is 69.3 Å². The van der Waals surface area contributed by atoms with Crippen LogP contribution in [-0.4, -0.2) is 41.5 Å². The van der Waals surface area contributed by atoms with Gasteiger partial charge in [0.15, 0.2) is 11.5 Å². The van der Waals surface area contributed by atoms with Gasteiger partial charge < -0.3 is 14.2 Å². The molecule has 3 rings (SSSR count). The molecule has 0 bridgehead atoms. The fourth-order valence-corrected chi connectivity index (χ4v) is 4.45.